The molecular formula is C11H15N3O2S. The molecule has 2 aliphatic carbocycles. The average molecular weight is 253 g/mol. The van der Waals surface area contributed by atoms with Crippen LogP contribution in [0.4, 0.5) is 0 Å². The van der Waals surface area contributed by atoms with E-state index in [2.05, 4.69) is 15.6 Å². The highest BCUT2D eigenvalue weighted by atomic mass is 32.2. The van der Waals surface area contributed by atoms with Crippen LogP contribution in [0.25, 0.3) is 0 Å². The van der Waals surface area contributed by atoms with Gasteiger partial charge in [-0.1, -0.05) is 11.8 Å². The van der Waals surface area contributed by atoms with Crippen LogP contribution in [0.3, 0.4) is 0 Å². The van der Waals surface area contributed by atoms with Crippen molar-refractivity contribution in [3.05, 3.63) is 0 Å². The zero-order valence-corrected chi connectivity index (χ0v) is 10.3. The van der Waals surface area contributed by atoms with Gasteiger partial charge in [-0.3, -0.25) is 14.6 Å². The summed E-state index contributed by atoms with van der Waals surface area (Å²) in [6, 6.07) is 0.758. The Kier molecular flexibility index (Phi) is 2.82. The lowest BCUT2D eigenvalue weighted by Gasteiger charge is -2.05. The van der Waals surface area contributed by atoms with Gasteiger partial charge in [-0.05, 0) is 25.7 Å². The molecule has 0 aromatic heterocycles. The fraction of sp³-hybridized carbons (Fsp3) is 0.727. The lowest BCUT2D eigenvalue weighted by Crippen LogP contribution is -2.32. The number of rotatable bonds is 4. The molecule has 2 saturated carbocycles. The second kappa shape index (κ2) is 4.33. The van der Waals surface area contributed by atoms with Crippen LogP contribution in [-0.4, -0.2) is 34.3 Å². The van der Waals surface area contributed by atoms with E-state index < -0.39 is 0 Å². The number of nitrogens with zero attached hydrogens (tertiary/aromatic N) is 1. The van der Waals surface area contributed by atoms with Crippen LogP contribution in [0.1, 0.15) is 32.1 Å². The molecule has 5 nitrogen and oxygen atoms in total. The Bertz CT molecular complexity index is 388. The minimum Gasteiger partial charge on any atom is -0.353 e. The zero-order chi connectivity index (χ0) is 11.8. The van der Waals surface area contributed by atoms with Crippen molar-refractivity contribution in [1.82, 2.24) is 10.6 Å². The first-order valence-corrected chi connectivity index (χ1v) is 6.93. The number of nitrogens with one attached hydrogen (secondary N) is 2. The van der Waals surface area contributed by atoms with E-state index in [-0.39, 0.29) is 23.5 Å². The third kappa shape index (κ3) is 3.00. The van der Waals surface area contributed by atoms with Crippen LogP contribution in [0.5, 0.6) is 0 Å². The zero-order valence-electron chi connectivity index (χ0n) is 9.44. The normalized spacial score (nSPS) is 30.5. The first kappa shape index (κ1) is 11.1. The summed E-state index contributed by atoms with van der Waals surface area (Å²) in [4.78, 5) is 27.6. The fourth-order valence-electron chi connectivity index (χ4n) is 1.65. The highest BCUT2D eigenvalue weighted by molar-refractivity contribution is 8.15. The molecule has 3 rings (SSSR count). The highest BCUT2D eigenvalue weighted by Gasteiger charge is 2.34. The van der Waals surface area contributed by atoms with Crippen molar-refractivity contribution in [2.45, 2.75) is 49.4 Å². The Labute approximate surface area is 104 Å². The Morgan fingerprint density at radius 1 is 1.41 bits per heavy atom. The Morgan fingerprint density at radius 3 is 2.82 bits per heavy atom. The fourth-order valence-corrected chi connectivity index (χ4v) is 2.69. The van der Waals surface area contributed by atoms with Crippen molar-refractivity contribution >= 4 is 28.7 Å². The summed E-state index contributed by atoms with van der Waals surface area (Å²) < 4.78 is 0. The molecule has 0 aromatic rings. The average Bonchev–Trinajstić information content (AvgIpc) is 3.13. The van der Waals surface area contributed by atoms with E-state index >= 15 is 0 Å². The first-order chi connectivity index (χ1) is 8.20. The van der Waals surface area contributed by atoms with E-state index in [0.717, 1.165) is 25.7 Å². The first-order valence-electron chi connectivity index (χ1n) is 6.05. The maximum atomic E-state index is 11.6. The van der Waals surface area contributed by atoms with Crippen LogP contribution < -0.4 is 10.6 Å². The number of amidine groups is 1. The SMILES string of the molecule is O=C(C[C@@H]1SC(=NC2CC2)NC1=O)NC1CC1. The molecule has 1 heterocycles. The summed E-state index contributed by atoms with van der Waals surface area (Å²) in [7, 11) is 0. The second-order valence-electron chi connectivity index (χ2n) is 4.81. The Hall–Kier alpha value is -1.04. The smallest absolute Gasteiger partial charge is 0.240 e. The van der Waals surface area contributed by atoms with Gasteiger partial charge >= 0.3 is 0 Å². The minimum atomic E-state index is -0.300. The van der Waals surface area contributed by atoms with E-state index in [1.165, 1.54) is 11.8 Å². The predicted molar refractivity (Wildman–Crippen MR) is 65.8 cm³/mol. The van der Waals surface area contributed by atoms with E-state index in [1.807, 2.05) is 0 Å². The van der Waals surface area contributed by atoms with E-state index in [4.69, 9.17) is 0 Å². The molecule has 0 spiro atoms. The molecular weight excluding hydrogens is 238 g/mol. The second-order valence-corrected chi connectivity index (χ2v) is 6.00. The van der Waals surface area contributed by atoms with E-state index in [1.54, 1.807) is 0 Å². The number of hydrogen-bond donors (Lipinski definition) is 2. The summed E-state index contributed by atoms with van der Waals surface area (Å²) in [5.41, 5.74) is 0. The largest absolute Gasteiger partial charge is 0.353 e. The summed E-state index contributed by atoms with van der Waals surface area (Å²) in [6.45, 7) is 0. The van der Waals surface area contributed by atoms with E-state index in [0.29, 0.717) is 17.3 Å². The van der Waals surface area contributed by atoms with Crippen LogP contribution in [0.2, 0.25) is 0 Å². The number of thioether (sulfide) groups is 1. The molecule has 0 aromatic carbocycles. The molecule has 17 heavy (non-hydrogen) atoms. The van der Waals surface area contributed by atoms with Gasteiger partial charge in [-0.15, -0.1) is 0 Å². The Balaban J connectivity index is 1.52. The van der Waals surface area contributed by atoms with Gasteiger partial charge < -0.3 is 10.6 Å². The lowest BCUT2D eigenvalue weighted by molar-refractivity contribution is -0.125. The molecule has 1 aliphatic heterocycles. The summed E-state index contributed by atoms with van der Waals surface area (Å²) in [5, 5.41) is 6.04. The van der Waals surface area contributed by atoms with Crippen LogP contribution in [0, 0.1) is 0 Å². The van der Waals surface area contributed by atoms with Crippen molar-refractivity contribution in [3.8, 4) is 0 Å². The molecule has 2 N–H and O–H groups in total. The lowest BCUT2D eigenvalue weighted by atomic mass is 10.2. The standard InChI is InChI=1S/C11H15N3O2S/c15-9(12-6-1-2-6)5-8-10(16)14-11(17-8)13-7-3-4-7/h6-8H,1-5H2,(H,12,15)(H,13,14,16)/t8-/m0/s1. The molecule has 1 saturated heterocycles. The van der Waals surface area contributed by atoms with Crippen molar-refractivity contribution in [2.24, 2.45) is 4.99 Å². The number of carbonyl (C=O) groups excluding carboxylic acids is 2. The Morgan fingerprint density at radius 2 is 2.18 bits per heavy atom. The highest BCUT2D eigenvalue weighted by Crippen LogP contribution is 2.29. The van der Waals surface area contributed by atoms with Gasteiger partial charge in [0.05, 0.1) is 6.04 Å². The molecule has 3 aliphatic rings. The van der Waals surface area contributed by atoms with Gasteiger partial charge in [0.1, 0.15) is 5.25 Å². The van der Waals surface area contributed by atoms with Crippen molar-refractivity contribution in [3.63, 3.8) is 0 Å². The number of aliphatic imine (C=N–C) groups is 1. The monoisotopic (exact) mass is 253 g/mol. The van der Waals surface area contributed by atoms with E-state index in [9.17, 15) is 9.59 Å². The molecule has 3 fully saturated rings. The number of amides is 2. The molecule has 2 amide bonds. The van der Waals surface area contributed by atoms with Gasteiger partial charge in [0.25, 0.3) is 0 Å². The summed E-state index contributed by atoms with van der Waals surface area (Å²) in [6.07, 6.45) is 4.64. The maximum Gasteiger partial charge on any atom is 0.240 e. The maximum absolute atomic E-state index is 11.6. The topological polar surface area (TPSA) is 70.6 Å². The molecule has 6 heteroatoms. The van der Waals surface area contributed by atoms with Crippen molar-refractivity contribution in [1.29, 1.82) is 0 Å². The van der Waals surface area contributed by atoms with Crippen LogP contribution >= 0.6 is 11.8 Å². The number of carbonyl (C=O) groups is 2. The quantitative estimate of drug-likeness (QED) is 0.762. The van der Waals surface area contributed by atoms with Crippen LogP contribution in [-0.2, 0) is 9.59 Å². The third-order valence-electron chi connectivity index (χ3n) is 2.94. The molecule has 0 bridgehead atoms. The predicted octanol–water partition coefficient (Wildman–Crippen LogP) is 0.405. The molecule has 92 valence electrons. The van der Waals surface area contributed by atoms with Gasteiger partial charge in [0.15, 0.2) is 5.17 Å². The molecule has 0 unspecified atom stereocenters. The minimum absolute atomic E-state index is 0.0205. The van der Waals surface area contributed by atoms with Gasteiger partial charge in [-0.25, -0.2) is 0 Å². The summed E-state index contributed by atoms with van der Waals surface area (Å²) >= 11 is 1.39. The van der Waals surface area contributed by atoms with Crippen LogP contribution in [0.15, 0.2) is 4.99 Å². The molecule has 0 radical (unpaired) electrons. The third-order valence-corrected chi connectivity index (χ3v) is 4.03. The van der Waals surface area contributed by atoms with Gasteiger partial charge in [-0.2, -0.15) is 0 Å². The van der Waals surface area contributed by atoms with Crippen molar-refractivity contribution in [2.75, 3.05) is 0 Å². The van der Waals surface area contributed by atoms with Crippen molar-refractivity contribution < 1.29 is 9.59 Å². The molecule has 1 atom stereocenters. The summed E-state index contributed by atoms with van der Waals surface area (Å²) in [5.74, 6) is -0.104. The van der Waals surface area contributed by atoms with Gasteiger partial charge in [0, 0.05) is 12.5 Å². The number of hydrogen-bond acceptors (Lipinski definition) is 4. The van der Waals surface area contributed by atoms with Gasteiger partial charge in [0.2, 0.25) is 11.8 Å².